The van der Waals surface area contributed by atoms with Crippen LogP contribution in [0.3, 0.4) is 0 Å². The highest BCUT2D eigenvalue weighted by Gasteiger charge is 2.19. The van der Waals surface area contributed by atoms with E-state index in [2.05, 4.69) is 15.0 Å². The Bertz CT molecular complexity index is 1100. The number of ether oxygens (including phenoxy) is 2. The van der Waals surface area contributed by atoms with Crippen LogP contribution in [0.15, 0.2) is 78.0 Å². The van der Waals surface area contributed by atoms with E-state index in [1.807, 2.05) is 6.92 Å². The molecule has 0 unspecified atom stereocenters. The van der Waals surface area contributed by atoms with Crippen LogP contribution in [0.25, 0.3) is 0 Å². The molecular formula is C22H23N3O5S. The van der Waals surface area contributed by atoms with Crippen LogP contribution in [0.2, 0.25) is 0 Å². The Labute approximate surface area is 181 Å². The van der Waals surface area contributed by atoms with Crippen LogP contribution < -0.4 is 19.5 Å². The summed E-state index contributed by atoms with van der Waals surface area (Å²) < 4.78 is 38.3. The van der Waals surface area contributed by atoms with Crippen molar-refractivity contribution < 1.29 is 22.7 Å². The first-order valence-electron chi connectivity index (χ1n) is 9.56. The number of amides is 1. The SMILES string of the molecule is CC[C@H](Oc1ccc(OC)cc1)C(=O)Nc1ccc(S(=O)(=O)Nc2cccnc2)cc1. The Morgan fingerprint density at radius 3 is 2.26 bits per heavy atom. The third-order valence-electron chi connectivity index (χ3n) is 4.35. The summed E-state index contributed by atoms with van der Waals surface area (Å²) in [4.78, 5) is 16.5. The van der Waals surface area contributed by atoms with Crippen LogP contribution in [-0.4, -0.2) is 32.5 Å². The van der Waals surface area contributed by atoms with Gasteiger partial charge in [-0.1, -0.05) is 6.92 Å². The van der Waals surface area contributed by atoms with E-state index < -0.39 is 16.1 Å². The van der Waals surface area contributed by atoms with E-state index in [0.717, 1.165) is 0 Å². The van der Waals surface area contributed by atoms with Crippen LogP contribution >= 0.6 is 0 Å². The van der Waals surface area contributed by atoms with Gasteiger partial charge < -0.3 is 14.8 Å². The maximum absolute atomic E-state index is 12.6. The van der Waals surface area contributed by atoms with Crippen molar-refractivity contribution in [2.45, 2.75) is 24.3 Å². The smallest absolute Gasteiger partial charge is 0.265 e. The van der Waals surface area contributed by atoms with Crippen molar-refractivity contribution in [3.8, 4) is 11.5 Å². The minimum Gasteiger partial charge on any atom is -0.497 e. The van der Waals surface area contributed by atoms with Crippen molar-refractivity contribution in [2.75, 3.05) is 17.1 Å². The number of sulfonamides is 1. The predicted octanol–water partition coefficient (Wildman–Crippen LogP) is 3.69. The zero-order chi connectivity index (χ0) is 22.3. The first-order valence-corrected chi connectivity index (χ1v) is 11.0. The molecule has 0 aliphatic carbocycles. The van der Waals surface area contributed by atoms with Crippen LogP contribution in [0.5, 0.6) is 11.5 Å². The monoisotopic (exact) mass is 441 g/mol. The fourth-order valence-electron chi connectivity index (χ4n) is 2.72. The number of aromatic nitrogens is 1. The van der Waals surface area contributed by atoms with E-state index in [9.17, 15) is 13.2 Å². The Morgan fingerprint density at radius 2 is 1.68 bits per heavy atom. The van der Waals surface area contributed by atoms with Gasteiger partial charge in [-0.25, -0.2) is 8.42 Å². The number of nitrogens with one attached hydrogen (secondary N) is 2. The summed E-state index contributed by atoms with van der Waals surface area (Å²) in [6.45, 7) is 1.84. The van der Waals surface area contributed by atoms with Gasteiger partial charge in [0, 0.05) is 11.9 Å². The number of hydrogen-bond donors (Lipinski definition) is 2. The largest absolute Gasteiger partial charge is 0.497 e. The third-order valence-corrected chi connectivity index (χ3v) is 5.74. The molecule has 0 saturated heterocycles. The number of rotatable bonds is 9. The number of methoxy groups -OCH3 is 1. The molecule has 1 amide bonds. The van der Waals surface area contributed by atoms with Gasteiger partial charge in [0.1, 0.15) is 11.5 Å². The van der Waals surface area contributed by atoms with Crippen molar-refractivity contribution >= 4 is 27.3 Å². The number of anilines is 2. The molecule has 0 radical (unpaired) electrons. The molecule has 1 atom stereocenters. The zero-order valence-electron chi connectivity index (χ0n) is 17.1. The highest BCUT2D eigenvalue weighted by atomic mass is 32.2. The second kappa shape index (κ2) is 9.94. The Morgan fingerprint density at radius 1 is 1.00 bits per heavy atom. The van der Waals surface area contributed by atoms with Crippen molar-refractivity contribution in [2.24, 2.45) is 0 Å². The summed E-state index contributed by atoms with van der Waals surface area (Å²) in [6, 6.07) is 16.1. The molecule has 8 nitrogen and oxygen atoms in total. The summed E-state index contributed by atoms with van der Waals surface area (Å²) in [6.07, 6.45) is 2.72. The van der Waals surface area contributed by atoms with Crippen LogP contribution in [0.1, 0.15) is 13.3 Å². The summed E-state index contributed by atoms with van der Waals surface area (Å²) in [5, 5.41) is 2.75. The molecule has 9 heteroatoms. The average Bonchev–Trinajstić information content (AvgIpc) is 2.78. The molecule has 0 spiro atoms. The summed E-state index contributed by atoms with van der Waals surface area (Å²) in [7, 11) is -2.19. The molecular weight excluding hydrogens is 418 g/mol. The molecule has 1 aromatic heterocycles. The maximum atomic E-state index is 12.6. The quantitative estimate of drug-likeness (QED) is 0.525. The van der Waals surface area contributed by atoms with E-state index in [0.29, 0.717) is 29.3 Å². The van der Waals surface area contributed by atoms with E-state index >= 15 is 0 Å². The summed E-state index contributed by atoms with van der Waals surface area (Å²) in [5.41, 5.74) is 0.823. The molecule has 2 N–H and O–H groups in total. The maximum Gasteiger partial charge on any atom is 0.265 e. The van der Waals surface area contributed by atoms with Crippen molar-refractivity contribution in [1.29, 1.82) is 0 Å². The standard InChI is InChI=1S/C22H23N3O5S/c1-3-21(30-19-10-8-18(29-2)9-11-19)22(26)24-16-6-12-20(13-7-16)31(27,28)25-17-5-4-14-23-15-17/h4-15,21,25H,3H2,1-2H3,(H,24,26)/t21-/m0/s1. The molecule has 0 aliphatic rings. The van der Waals surface area contributed by atoms with Gasteiger partial charge in [-0.2, -0.15) is 0 Å². The van der Waals surface area contributed by atoms with E-state index in [-0.39, 0.29) is 10.8 Å². The minimum atomic E-state index is -3.76. The van der Waals surface area contributed by atoms with Crippen LogP contribution in [-0.2, 0) is 14.8 Å². The summed E-state index contributed by atoms with van der Waals surface area (Å²) >= 11 is 0. The Hall–Kier alpha value is -3.59. The topological polar surface area (TPSA) is 107 Å². The molecule has 3 aromatic rings. The van der Waals surface area contributed by atoms with Gasteiger partial charge in [0.2, 0.25) is 0 Å². The Kier molecular flexibility index (Phi) is 7.09. The number of pyridine rings is 1. The first kappa shape index (κ1) is 22.1. The summed E-state index contributed by atoms with van der Waals surface area (Å²) in [5.74, 6) is 0.908. The van der Waals surface area contributed by atoms with Crippen LogP contribution in [0, 0.1) is 0 Å². The predicted molar refractivity (Wildman–Crippen MR) is 118 cm³/mol. The van der Waals surface area contributed by atoms with E-state index in [1.165, 1.54) is 30.5 Å². The molecule has 1 heterocycles. The third kappa shape index (κ3) is 5.95. The molecule has 0 bridgehead atoms. The van der Waals surface area contributed by atoms with Gasteiger partial charge in [-0.15, -0.1) is 0 Å². The van der Waals surface area contributed by atoms with Gasteiger partial charge in [-0.3, -0.25) is 14.5 Å². The van der Waals surface area contributed by atoms with Crippen molar-refractivity contribution in [3.05, 3.63) is 73.1 Å². The Balaban J connectivity index is 1.64. The lowest BCUT2D eigenvalue weighted by Crippen LogP contribution is -2.32. The number of hydrogen-bond acceptors (Lipinski definition) is 6. The second-order valence-electron chi connectivity index (χ2n) is 6.55. The number of benzene rings is 2. The van der Waals surface area contributed by atoms with E-state index in [4.69, 9.17) is 9.47 Å². The van der Waals surface area contributed by atoms with E-state index in [1.54, 1.807) is 49.7 Å². The van der Waals surface area contributed by atoms with Gasteiger partial charge in [0.15, 0.2) is 6.10 Å². The minimum absolute atomic E-state index is 0.0656. The second-order valence-corrected chi connectivity index (χ2v) is 8.23. The molecule has 3 rings (SSSR count). The highest BCUT2D eigenvalue weighted by molar-refractivity contribution is 7.92. The van der Waals surface area contributed by atoms with Gasteiger partial charge in [-0.05, 0) is 67.1 Å². The lowest BCUT2D eigenvalue weighted by molar-refractivity contribution is -0.122. The highest BCUT2D eigenvalue weighted by Crippen LogP contribution is 2.21. The number of carbonyl (C=O) groups excluding carboxylic acids is 1. The average molecular weight is 442 g/mol. The zero-order valence-corrected chi connectivity index (χ0v) is 17.9. The molecule has 2 aromatic carbocycles. The van der Waals surface area contributed by atoms with Crippen molar-refractivity contribution in [3.63, 3.8) is 0 Å². The number of nitrogens with zero attached hydrogens (tertiary/aromatic N) is 1. The van der Waals surface area contributed by atoms with Crippen molar-refractivity contribution in [1.82, 2.24) is 4.98 Å². The van der Waals surface area contributed by atoms with Gasteiger partial charge >= 0.3 is 0 Å². The van der Waals surface area contributed by atoms with Gasteiger partial charge in [0.05, 0.1) is 23.9 Å². The molecule has 0 aliphatic heterocycles. The number of carbonyl (C=O) groups is 1. The lowest BCUT2D eigenvalue weighted by Gasteiger charge is -2.17. The fourth-order valence-corrected chi connectivity index (χ4v) is 3.76. The van der Waals surface area contributed by atoms with Gasteiger partial charge in [0.25, 0.3) is 15.9 Å². The molecule has 31 heavy (non-hydrogen) atoms. The molecule has 162 valence electrons. The first-order chi connectivity index (χ1) is 14.9. The van der Waals surface area contributed by atoms with Crippen LogP contribution in [0.4, 0.5) is 11.4 Å². The molecule has 0 saturated carbocycles. The fraction of sp³-hybridized carbons (Fsp3) is 0.182. The molecule has 0 fully saturated rings. The normalized spacial score (nSPS) is 11.9. The lowest BCUT2D eigenvalue weighted by atomic mass is 10.2.